The van der Waals surface area contributed by atoms with Gasteiger partial charge < -0.3 is 14.6 Å². The van der Waals surface area contributed by atoms with Crippen LogP contribution in [0.1, 0.15) is 32.1 Å². The summed E-state index contributed by atoms with van der Waals surface area (Å²) in [6, 6.07) is 0. The number of nitrogens with zero attached hydrogens (tertiary/aromatic N) is 3. The van der Waals surface area contributed by atoms with Crippen molar-refractivity contribution in [3.05, 3.63) is 22.7 Å². The van der Waals surface area contributed by atoms with E-state index >= 15 is 0 Å². The summed E-state index contributed by atoms with van der Waals surface area (Å²) in [5.74, 6) is 0.805. The molecule has 1 aliphatic carbocycles. The quantitative estimate of drug-likeness (QED) is 0.818. The molecule has 0 amide bonds. The molecule has 1 saturated carbocycles. The Morgan fingerprint density at radius 1 is 1.42 bits per heavy atom. The monoisotopic (exact) mass is 263 g/mol. The van der Waals surface area contributed by atoms with E-state index in [-0.39, 0.29) is 11.5 Å². The van der Waals surface area contributed by atoms with Gasteiger partial charge in [-0.25, -0.2) is 4.98 Å². The van der Waals surface area contributed by atoms with Gasteiger partial charge in [0, 0.05) is 38.4 Å². The molecule has 0 spiro atoms. The van der Waals surface area contributed by atoms with Gasteiger partial charge in [-0.1, -0.05) is 12.8 Å². The molecule has 1 aromatic heterocycles. The first kappa shape index (κ1) is 12.7. The Kier molecular flexibility index (Phi) is 3.09. The predicted octanol–water partition coefficient (Wildman–Crippen LogP) is 0.912. The third-order valence-electron chi connectivity index (χ3n) is 4.73. The van der Waals surface area contributed by atoms with Crippen molar-refractivity contribution in [1.29, 1.82) is 0 Å². The lowest BCUT2D eigenvalue weighted by molar-refractivity contribution is -0.0614. The number of aryl methyl sites for hydroxylation is 1. The van der Waals surface area contributed by atoms with Gasteiger partial charge in [-0.05, 0) is 19.3 Å². The fraction of sp³-hybridized carbons (Fsp3) is 0.714. The van der Waals surface area contributed by atoms with Crippen LogP contribution in [0.15, 0.2) is 17.2 Å². The number of anilines is 1. The first-order valence-corrected chi connectivity index (χ1v) is 7.09. The Bertz CT molecular complexity index is 528. The van der Waals surface area contributed by atoms with E-state index in [0.29, 0.717) is 5.82 Å². The summed E-state index contributed by atoms with van der Waals surface area (Å²) in [6.07, 6.45) is 8.35. The van der Waals surface area contributed by atoms with Crippen molar-refractivity contribution in [3.8, 4) is 0 Å². The van der Waals surface area contributed by atoms with Crippen LogP contribution in [0.3, 0.4) is 0 Å². The highest BCUT2D eigenvalue weighted by Gasteiger charge is 2.43. The van der Waals surface area contributed by atoms with Crippen LogP contribution in [0, 0.1) is 5.92 Å². The summed E-state index contributed by atoms with van der Waals surface area (Å²) in [7, 11) is 1.74. The highest BCUT2D eigenvalue weighted by molar-refractivity contribution is 5.37. The summed E-state index contributed by atoms with van der Waals surface area (Å²) in [5.41, 5.74) is -0.557. The Hall–Kier alpha value is -1.36. The normalized spacial score (nSPS) is 31.1. The van der Waals surface area contributed by atoms with Crippen molar-refractivity contribution < 1.29 is 5.11 Å². The number of piperidine rings is 1. The van der Waals surface area contributed by atoms with E-state index in [1.54, 1.807) is 24.0 Å². The molecular weight excluding hydrogens is 242 g/mol. The lowest BCUT2D eigenvalue weighted by Crippen LogP contribution is -2.54. The number of aromatic nitrogens is 2. The van der Waals surface area contributed by atoms with Gasteiger partial charge in [-0.15, -0.1) is 0 Å². The number of fused-ring (bicyclic) bond motifs is 1. The van der Waals surface area contributed by atoms with Gasteiger partial charge in [0.05, 0.1) is 5.60 Å². The zero-order valence-corrected chi connectivity index (χ0v) is 11.4. The first-order chi connectivity index (χ1) is 9.10. The molecule has 5 heteroatoms. The minimum absolute atomic E-state index is 0.0521. The van der Waals surface area contributed by atoms with Crippen LogP contribution in [0.4, 0.5) is 5.82 Å². The maximum absolute atomic E-state index is 12.1. The smallest absolute Gasteiger partial charge is 0.293 e. The molecule has 2 aliphatic rings. The Balaban J connectivity index is 1.85. The van der Waals surface area contributed by atoms with Crippen LogP contribution in [-0.2, 0) is 7.05 Å². The molecule has 3 rings (SSSR count). The second kappa shape index (κ2) is 4.63. The largest absolute Gasteiger partial charge is 0.389 e. The molecule has 2 heterocycles. The molecule has 19 heavy (non-hydrogen) atoms. The van der Waals surface area contributed by atoms with E-state index in [4.69, 9.17) is 0 Å². The fourth-order valence-corrected chi connectivity index (χ4v) is 3.46. The maximum Gasteiger partial charge on any atom is 0.293 e. The third-order valence-corrected chi connectivity index (χ3v) is 4.73. The van der Waals surface area contributed by atoms with E-state index in [9.17, 15) is 9.90 Å². The Morgan fingerprint density at radius 3 is 3.11 bits per heavy atom. The number of aliphatic hydroxyl groups is 1. The van der Waals surface area contributed by atoms with Crippen molar-refractivity contribution in [2.75, 3.05) is 18.0 Å². The Labute approximate surface area is 112 Å². The third kappa shape index (κ3) is 2.16. The highest BCUT2D eigenvalue weighted by atomic mass is 16.3. The summed E-state index contributed by atoms with van der Waals surface area (Å²) < 4.78 is 1.56. The predicted molar refractivity (Wildman–Crippen MR) is 73.2 cm³/mol. The molecule has 0 aromatic carbocycles. The topological polar surface area (TPSA) is 58.4 Å². The van der Waals surface area contributed by atoms with Crippen LogP contribution in [0.5, 0.6) is 0 Å². The van der Waals surface area contributed by atoms with Gasteiger partial charge >= 0.3 is 0 Å². The van der Waals surface area contributed by atoms with Crippen molar-refractivity contribution in [3.63, 3.8) is 0 Å². The van der Waals surface area contributed by atoms with E-state index in [1.807, 2.05) is 4.90 Å². The van der Waals surface area contributed by atoms with Crippen molar-refractivity contribution in [1.82, 2.24) is 9.55 Å². The minimum Gasteiger partial charge on any atom is -0.389 e. The Morgan fingerprint density at radius 2 is 2.26 bits per heavy atom. The summed E-state index contributed by atoms with van der Waals surface area (Å²) in [6.45, 7) is 1.47. The molecule has 104 valence electrons. The maximum atomic E-state index is 12.1. The summed E-state index contributed by atoms with van der Waals surface area (Å²) >= 11 is 0. The summed E-state index contributed by atoms with van der Waals surface area (Å²) in [4.78, 5) is 18.4. The lowest BCUT2D eigenvalue weighted by Gasteiger charge is -2.47. The second-order valence-electron chi connectivity index (χ2n) is 5.91. The highest BCUT2D eigenvalue weighted by Crippen LogP contribution is 2.40. The average Bonchev–Trinajstić information content (AvgIpc) is 2.41. The average molecular weight is 263 g/mol. The lowest BCUT2D eigenvalue weighted by atomic mass is 9.71. The zero-order chi connectivity index (χ0) is 13.5. The van der Waals surface area contributed by atoms with Gasteiger partial charge in [-0.3, -0.25) is 4.79 Å². The molecule has 1 N–H and O–H groups in total. The molecule has 2 fully saturated rings. The van der Waals surface area contributed by atoms with Crippen LogP contribution in [-0.4, -0.2) is 33.3 Å². The first-order valence-electron chi connectivity index (χ1n) is 7.09. The molecule has 1 aliphatic heterocycles. The zero-order valence-electron chi connectivity index (χ0n) is 11.4. The molecule has 5 nitrogen and oxygen atoms in total. The van der Waals surface area contributed by atoms with Crippen LogP contribution in [0.2, 0.25) is 0 Å². The second-order valence-corrected chi connectivity index (χ2v) is 5.91. The molecule has 2 atom stereocenters. The molecule has 0 radical (unpaired) electrons. The van der Waals surface area contributed by atoms with Crippen molar-refractivity contribution in [2.24, 2.45) is 13.0 Å². The van der Waals surface area contributed by atoms with E-state index in [0.717, 1.165) is 38.8 Å². The van der Waals surface area contributed by atoms with E-state index in [2.05, 4.69) is 4.98 Å². The standard InChI is InChI=1S/C14H21N3O2/c1-16-9-7-15-12(13(16)18)17-8-6-14(19)5-3-2-4-11(14)10-17/h7,9,11,19H,2-6,8,10H2,1H3. The van der Waals surface area contributed by atoms with Gasteiger partial charge in [0.25, 0.3) is 5.56 Å². The van der Waals surface area contributed by atoms with Gasteiger partial charge in [0.2, 0.25) is 0 Å². The number of hydrogen-bond donors (Lipinski definition) is 1. The molecule has 2 unspecified atom stereocenters. The van der Waals surface area contributed by atoms with Gasteiger partial charge in [-0.2, -0.15) is 0 Å². The van der Waals surface area contributed by atoms with Crippen LogP contribution >= 0.6 is 0 Å². The molecular formula is C14H21N3O2. The number of rotatable bonds is 1. The van der Waals surface area contributed by atoms with Gasteiger partial charge in [0.15, 0.2) is 5.82 Å². The van der Waals surface area contributed by atoms with Crippen LogP contribution < -0.4 is 10.5 Å². The number of hydrogen-bond acceptors (Lipinski definition) is 4. The fourth-order valence-electron chi connectivity index (χ4n) is 3.46. The van der Waals surface area contributed by atoms with Crippen molar-refractivity contribution >= 4 is 5.82 Å². The van der Waals surface area contributed by atoms with E-state index in [1.165, 1.54) is 6.42 Å². The van der Waals surface area contributed by atoms with Crippen molar-refractivity contribution in [2.45, 2.75) is 37.7 Å². The van der Waals surface area contributed by atoms with E-state index < -0.39 is 5.60 Å². The molecule has 0 bridgehead atoms. The SMILES string of the molecule is Cn1ccnc(N2CCC3(O)CCCCC3C2)c1=O. The van der Waals surface area contributed by atoms with Crippen LogP contribution in [0.25, 0.3) is 0 Å². The summed E-state index contributed by atoms with van der Waals surface area (Å²) in [5, 5.41) is 10.6. The molecule has 1 saturated heterocycles. The molecule has 1 aromatic rings. The minimum atomic E-state index is -0.505. The van der Waals surface area contributed by atoms with Gasteiger partial charge in [0.1, 0.15) is 0 Å².